The van der Waals surface area contributed by atoms with Gasteiger partial charge in [0.1, 0.15) is 5.75 Å². The number of sulfone groups is 1. The molecule has 4 aromatic rings. The highest BCUT2D eigenvalue weighted by atomic mass is 32.2. The molecule has 0 fully saturated rings. The van der Waals surface area contributed by atoms with Gasteiger partial charge >= 0.3 is 0 Å². The summed E-state index contributed by atoms with van der Waals surface area (Å²) in [5, 5.41) is 3.74. The molecule has 38 heavy (non-hydrogen) atoms. The molecule has 0 aliphatic carbocycles. The number of hydrogen-bond acceptors (Lipinski definition) is 7. The van der Waals surface area contributed by atoms with Gasteiger partial charge in [-0.05, 0) is 55.0 Å². The Labute approximate surface area is 220 Å². The van der Waals surface area contributed by atoms with Crippen molar-refractivity contribution in [3.63, 3.8) is 0 Å². The normalized spacial score (nSPS) is 12.6. The van der Waals surface area contributed by atoms with Crippen LogP contribution in [0.2, 0.25) is 0 Å². The average Bonchev–Trinajstić information content (AvgIpc) is 3.38. The number of carbonyl (C=O) groups excluding carboxylic acids is 2. The summed E-state index contributed by atoms with van der Waals surface area (Å²) >= 11 is 0. The summed E-state index contributed by atoms with van der Waals surface area (Å²) in [4.78, 5) is 30.6. The third kappa shape index (κ3) is 4.32. The first-order valence-electron chi connectivity index (χ1n) is 11.9. The Kier molecular flexibility index (Phi) is 6.28. The fourth-order valence-electron chi connectivity index (χ4n) is 4.59. The van der Waals surface area contributed by atoms with Crippen molar-refractivity contribution in [1.29, 1.82) is 0 Å². The molecule has 1 aliphatic heterocycles. The molecule has 9 nitrogen and oxygen atoms in total. The lowest BCUT2D eigenvalue weighted by molar-refractivity contribution is 0.0827. The largest absolute Gasteiger partial charge is 0.493 e. The summed E-state index contributed by atoms with van der Waals surface area (Å²) in [7, 11) is -0.830. The van der Waals surface area contributed by atoms with Gasteiger partial charge in [-0.3, -0.25) is 14.6 Å². The molecule has 1 aromatic heterocycles. The SMILES string of the molecule is Cc1cc(S(=O)(=O)c2cccc(C(=O)N(C)C)c2)cc2c(Nc3cccc4c3CCO4)c(C(N)=O)cnc12. The van der Waals surface area contributed by atoms with Gasteiger partial charge in [-0.1, -0.05) is 12.1 Å². The number of nitrogens with two attached hydrogens (primary N) is 1. The maximum atomic E-state index is 13.7. The topological polar surface area (TPSA) is 132 Å². The van der Waals surface area contributed by atoms with E-state index < -0.39 is 15.7 Å². The molecular weight excluding hydrogens is 504 g/mol. The van der Waals surface area contributed by atoms with E-state index in [2.05, 4.69) is 10.3 Å². The molecule has 3 N–H and O–H groups in total. The fourth-order valence-corrected chi connectivity index (χ4v) is 6.00. The lowest BCUT2D eigenvalue weighted by Crippen LogP contribution is -2.21. The van der Waals surface area contributed by atoms with Crippen LogP contribution in [0.4, 0.5) is 11.4 Å². The second-order valence-electron chi connectivity index (χ2n) is 9.28. The molecule has 0 saturated heterocycles. The number of hydrogen-bond donors (Lipinski definition) is 2. The van der Waals surface area contributed by atoms with Gasteiger partial charge in [0.2, 0.25) is 9.84 Å². The maximum absolute atomic E-state index is 13.7. The molecule has 5 rings (SSSR count). The molecule has 10 heteroatoms. The highest BCUT2D eigenvalue weighted by molar-refractivity contribution is 7.91. The van der Waals surface area contributed by atoms with Crippen LogP contribution in [-0.4, -0.2) is 50.8 Å². The van der Waals surface area contributed by atoms with Gasteiger partial charge < -0.3 is 20.7 Å². The van der Waals surface area contributed by atoms with Crippen molar-refractivity contribution in [2.75, 3.05) is 26.0 Å². The summed E-state index contributed by atoms with van der Waals surface area (Å²) < 4.78 is 33.1. The molecular formula is C28H26N4O5S. The summed E-state index contributed by atoms with van der Waals surface area (Å²) in [6.07, 6.45) is 2.08. The van der Waals surface area contributed by atoms with Gasteiger partial charge in [-0.15, -0.1) is 0 Å². The fraction of sp³-hybridized carbons (Fsp3) is 0.179. The minimum Gasteiger partial charge on any atom is -0.493 e. The molecule has 194 valence electrons. The van der Waals surface area contributed by atoms with Crippen LogP contribution in [0, 0.1) is 6.92 Å². The minimum absolute atomic E-state index is 0.00467. The smallest absolute Gasteiger partial charge is 0.253 e. The quantitative estimate of drug-likeness (QED) is 0.387. The zero-order valence-corrected chi connectivity index (χ0v) is 21.9. The van der Waals surface area contributed by atoms with Crippen LogP contribution in [0.3, 0.4) is 0 Å². The molecule has 3 aromatic carbocycles. The summed E-state index contributed by atoms with van der Waals surface area (Å²) in [5.41, 5.74) is 9.25. The van der Waals surface area contributed by atoms with Crippen molar-refractivity contribution in [1.82, 2.24) is 9.88 Å². The molecule has 0 atom stereocenters. The molecule has 0 bridgehead atoms. The number of aromatic nitrogens is 1. The van der Waals surface area contributed by atoms with Crippen LogP contribution in [0.25, 0.3) is 10.9 Å². The van der Waals surface area contributed by atoms with Gasteiger partial charge in [-0.25, -0.2) is 8.42 Å². The Morgan fingerprint density at radius 1 is 1.05 bits per heavy atom. The lowest BCUT2D eigenvalue weighted by Gasteiger charge is -2.17. The molecule has 2 amide bonds. The summed E-state index contributed by atoms with van der Waals surface area (Å²) in [6.45, 7) is 2.30. The first kappa shape index (κ1) is 25.2. The predicted molar refractivity (Wildman–Crippen MR) is 144 cm³/mol. The van der Waals surface area contributed by atoms with Crippen LogP contribution in [0.1, 0.15) is 31.8 Å². The molecule has 0 unspecified atom stereocenters. The van der Waals surface area contributed by atoms with E-state index in [1.165, 1.54) is 41.4 Å². The number of fused-ring (bicyclic) bond motifs is 2. The summed E-state index contributed by atoms with van der Waals surface area (Å²) in [5.74, 6) is -0.259. The Bertz CT molecular complexity index is 1730. The van der Waals surface area contributed by atoms with Crippen molar-refractivity contribution in [3.05, 3.63) is 83.0 Å². The zero-order valence-electron chi connectivity index (χ0n) is 21.1. The number of primary amides is 1. The van der Waals surface area contributed by atoms with E-state index in [0.29, 0.717) is 35.2 Å². The number of ether oxygens (including phenoxy) is 1. The predicted octanol–water partition coefficient (Wildman–Crippen LogP) is 3.86. The molecule has 0 spiro atoms. The van der Waals surface area contributed by atoms with E-state index in [1.54, 1.807) is 27.1 Å². The monoisotopic (exact) mass is 530 g/mol. The first-order valence-corrected chi connectivity index (χ1v) is 13.4. The molecule has 1 aliphatic rings. The van der Waals surface area contributed by atoms with Crippen LogP contribution < -0.4 is 15.8 Å². The number of anilines is 2. The lowest BCUT2D eigenvalue weighted by atomic mass is 10.0. The standard InChI is InChI=1S/C28H26N4O5S/c1-16-12-19(38(35,36)18-7-4-6-17(13-18)28(34)32(2)3)14-21-25(16)30-15-22(27(29)33)26(21)31-23-8-5-9-24-20(23)10-11-37-24/h4-9,12-15H,10-11H2,1-3H3,(H2,29,33)(H,30,31). The number of carbonyl (C=O) groups is 2. The van der Waals surface area contributed by atoms with Gasteiger partial charge in [0, 0.05) is 48.9 Å². The number of aryl methyl sites for hydroxylation is 1. The van der Waals surface area contributed by atoms with Crippen LogP contribution >= 0.6 is 0 Å². The molecule has 0 radical (unpaired) electrons. The van der Waals surface area contributed by atoms with Gasteiger partial charge in [0.15, 0.2) is 0 Å². The maximum Gasteiger partial charge on any atom is 0.253 e. The van der Waals surface area contributed by atoms with E-state index in [1.807, 2.05) is 18.2 Å². The number of rotatable bonds is 6. The highest BCUT2D eigenvalue weighted by Crippen LogP contribution is 2.38. The number of pyridine rings is 1. The zero-order chi connectivity index (χ0) is 27.2. The van der Waals surface area contributed by atoms with E-state index in [-0.39, 0.29) is 26.8 Å². The highest BCUT2D eigenvalue weighted by Gasteiger charge is 2.24. The van der Waals surface area contributed by atoms with Crippen molar-refractivity contribution in [3.8, 4) is 5.75 Å². The van der Waals surface area contributed by atoms with Crippen molar-refractivity contribution < 1.29 is 22.7 Å². The molecule has 2 heterocycles. The van der Waals surface area contributed by atoms with E-state index in [9.17, 15) is 18.0 Å². The van der Waals surface area contributed by atoms with Crippen molar-refractivity contribution >= 4 is 43.9 Å². The van der Waals surface area contributed by atoms with Gasteiger partial charge in [0.05, 0.1) is 33.2 Å². The number of nitrogens with one attached hydrogen (secondary N) is 1. The third-order valence-corrected chi connectivity index (χ3v) is 8.24. The van der Waals surface area contributed by atoms with Crippen molar-refractivity contribution in [2.45, 2.75) is 23.1 Å². The number of amides is 2. The van der Waals surface area contributed by atoms with Crippen LogP contribution in [0.5, 0.6) is 5.75 Å². The van der Waals surface area contributed by atoms with E-state index >= 15 is 0 Å². The second kappa shape index (κ2) is 9.46. The average molecular weight is 531 g/mol. The Balaban J connectivity index is 1.69. The van der Waals surface area contributed by atoms with Crippen LogP contribution in [0.15, 0.2) is 70.6 Å². The van der Waals surface area contributed by atoms with Crippen molar-refractivity contribution in [2.24, 2.45) is 5.73 Å². The first-order chi connectivity index (χ1) is 18.1. The Morgan fingerprint density at radius 2 is 1.82 bits per heavy atom. The third-order valence-electron chi connectivity index (χ3n) is 6.51. The Morgan fingerprint density at radius 3 is 2.55 bits per heavy atom. The van der Waals surface area contributed by atoms with Gasteiger partial charge in [0.25, 0.3) is 11.8 Å². The number of benzene rings is 3. The molecule has 0 saturated carbocycles. The van der Waals surface area contributed by atoms with E-state index in [0.717, 1.165) is 17.0 Å². The Hall–Kier alpha value is -4.44. The summed E-state index contributed by atoms with van der Waals surface area (Å²) in [6, 6.07) is 14.5. The number of nitrogens with zero attached hydrogens (tertiary/aromatic N) is 2. The van der Waals surface area contributed by atoms with E-state index in [4.69, 9.17) is 10.5 Å². The van der Waals surface area contributed by atoms with Gasteiger partial charge in [-0.2, -0.15) is 0 Å². The minimum atomic E-state index is -4.03. The van der Waals surface area contributed by atoms with Crippen LogP contribution in [-0.2, 0) is 16.3 Å². The second-order valence-corrected chi connectivity index (χ2v) is 11.2.